The predicted octanol–water partition coefficient (Wildman–Crippen LogP) is 0.233. The second-order valence-corrected chi connectivity index (χ2v) is 14.6. The molecule has 0 radical (unpaired) electrons. The van der Waals surface area contributed by atoms with Crippen LogP contribution in [0.2, 0.25) is 19.6 Å². The molecule has 0 bridgehead atoms. The second-order valence-electron chi connectivity index (χ2n) is 4.99. The van der Waals surface area contributed by atoms with Crippen LogP contribution in [-0.4, -0.2) is 38.6 Å². The molecule has 0 aliphatic rings. The van der Waals surface area contributed by atoms with E-state index in [1.54, 1.807) is 0 Å². The largest absolute Gasteiger partial charge is 0.549 e. The van der Waals surface area contributed by atoms with Crippen LogP contribution in [0.5, 0.6) is 0 Å². The Balaban J connectivity index is 2.73. The van der Waals surface area contributed by atoms with E-state index < -0.39 is 28.1 Å². The maximum absolute atomic E-state index is 6.10. The molecule has 0 spiro atoms. The van der Waals surface area contributed by atoms with Gasteiger partial charge in [-0.2, -0.15) is 0 Å². The van der Waals surface area contributed by atoms with Gasteiger partial charge in [-0.05, 0) is 31.3 Å². The van der Waals surface area contributed by atoms with Gasteiger partial charge in [-0.1, -0.05) is 30.3 Å². The summed E-state index contributed by atoms with van der Waals surface area (Å²) in [6, 6.07) is 10.3. The van der Waals surface area contributed by atoms with E-state index in [1.165, 1.54) is 5.56 Å². The summed E-state index contributed by atoms with van der Waals surface area (Å²) in [7, 11) is -2.31. The Morgan fingerprint density at radius 2 is 1.89 bits per heavy atom. The van der Waals surface area contributed by atoms with Crippen LogP contribution in [-0.2, 0) is 12.7 Å². The summed E-state index contributed by atoms with van der Waals surface area (Å²) in [6.07, 6.45) is 2.12. The van der Waals surface area contributed by atoms with Gasteiger partial charge < -0.3 is 12.7 Å². The average molecular weight is 315 g/mol. The molecule has 0 atom stereocenters. The molecule has 3 nitrogen and oxygen atoms in total. The Labute approximate surface area is 118 Å². The van der Waals surface area contributed by atoms with Crippen LogP contribution < -0.4 is 0 Å². The molecular formula is C11H22O3Si4. The molecule has 1 aromatic rings. The average Bonchev–Trinajstić information content (AvgIpc) is 2.28. The minimum absolute atomic E-state index is 0.745. The van der Waals surface area contributed by atoms with Gasteiger partial charge in [0.25, 0.3) is 10.0 Å². The molecule has 0 N–H and O–H groups in total. The van der Waals surface area contributed by atoms with Crippen molar-refractivity contribution >= 4 is 44.6 Å². The zero-order valence-electron chi connectivity index (χ0n) is 11.6. The third-order valence-corrected chi connectivity index (χ3v) is 6.23. The maximum Gasteiger partial charge on any atom is 0.283 e. The van der Waals surface area contributed by atoms with Crippen molar-refractivity contribution in [3.05, 3.63) is 41.3 Å². The lowest BCUT2D eigenvalue weighted by atomic mass is 10.2. The molecule has 0 fully saturated rings. The number of benzene rings is 1. The second kappa shape index (κ2) is 7.87. The molecule has 0 aromatic heterocycles. The topological polar surface area (TPSA) is 27.7 Å². The summed E-state index contributed by atoms with van der Waals surface area (Å²) >= 11 is 0. The van der Waals surface area contributed by atoms with E-state index in [0.29, 0.717) is 0 Å². The first-order valence-electron chi connectivity index (χ1n) is 6.02. The van der Waals surface area contributed by atoms with Gasteiger partial charge in [0.15, 0.2) is 0 Å². The molecule has 1 rings (SSSR count). The van der Waals surface area contributed by atoms with Crippen LogP contribution >= 0.6 is 0 Å². The fourth-order valence-electron chi connectivity index (χ4n) is 1.45. The van der Waals surface area contributed by atoms with Gasteiger partial charge in [0, 0.05) is 0 Å². The molecule has 7 heteroatoms. The summed E-state index contributed by atoms with van der Waals surface area (Å²) in [4.78, 5) is 0. The summed E-state index contributed by atoms with van der Waals surface area (Å²) in [6.45, 7) is 6.59. The predicted molar refractivity (Wildman–Crippen MR) is 88.0 cm³/mol. The van der Waals surface area contributed by atoms with Crippen molar-refractivity contribution in [2.75, 3.05) is 0 Å². The highest BCUT2D eigenvalue weighted by molar-refractivity contribution is 6.71. The fourth-order valence-corrected chi connectivity index (χ4v) is 7.46. The zero-order chi connectivity index (χ0) is 13.4. The zero-order valence-corrected chi connectivity index (χ0v) is 17.4. The summed E-state index contributed by atoms with van der Waals surface area (Å²) in [5, 5.41) is 1.05. The molecule has 0 amide bonds. The van der Waals surface area contributed by atoms with Crippen LogP contribution in [0.25, 0.3) is 6.08 Å². The van der Waals surface area contributed by atoms with E-state index in [4.69, 9.17) is 12.7 Å². The number of hydrogen-bond donors (Lipinski definition) is 0. The quantitative estimate of drug-likeness (QED) is 0.410. The summed E-state index contributed by atoms with van der Waals surface area (Å²) < 4.78 is 17.0. The molecule has 0 unspecified atom stereocenters. The highest BCUT2D eigenvalue weighted by atomic mass is 28.4. The Morgan fingerprint density at radius 3 is 2.44 bits per heavy atom. The molecule has 18 heavy (non-hydrogen) atoms. The maximum atomic E-state index is 6.10. The minimum atomic E-state index is -1.56. The van der Waals surface area contributed by atoms with E-state index in [2.05, 4.69) is 37.8 Å². The smallest absolute Gasteiger partial charge is 0.283 e. The summed E-state index contributed by atoms with van der Waals surface area (Å²) in [5.74, 6) is 0. The Bertz CT molecular complexity index is 376. The van der Waals surface area contributed by atoms with Gasteiger partial charge in [0.1, 0.15) is 10.5 Å². The van der Waals surface area contributed by atoms with Gasteiger partial charge in [-0.25, -0.2) is 0 Å². The Hall–Kier alpha value is -0.452. The molecule has 0 aliphatic carbocycles. The first-order valence-corrected chi connectivity index (χ1v) is 12.7. The Morgan fingerprint density at radius 1 is 1.22 bits per heavy atom. The van der Waals surface area contributed by atoms with Gasteiger partial charge >= 0.3 is 0 Å². The van der Waals surface area contributed by atoms with Gasteiger partial charge in [-0.3, -0.25) is 0 Å². The van der Waals surface area contributed by atoms with Crippen molar-refractivity contribution in [1.82, 2.24) is 0 Å². The van der Waals surface area contributed by atoms with Crippen LogP contribution in [0.4, 0.5) is 0 Å². The van der Waals surface area contributed by atoms with Crippen LogP contribution in [0.15, 0.2) is 35.7 Å². The van der Waals surface area contributed by atoms with Gasteiger partial charge in [-0.15, -0.1) is 0 Å². The lowest BCUT2D eigenvalue weighted by molar-refractivity contribution is 0.435. The molecule has 0 aliphatic heterocycles. The molecule has 0 saturated carbocycles. The van der Waals surface area contributed by atoms with Gasteiger partial charge in [0.05, 0.1) is 5.38 Å². The molecule has 1 aromatic carbocycles. The third-order valence-electron chi connectivity index (χ3n) is 2.01. The monoisotopic (exact) mass is 314 g/mol. The van der Waals surface area contributed by atoms with Crippen LogP contribution in [0.1, 0.15) is 5.56 Å². The SMILES string of the molecule is C[Si](C)(C)OC(=Cc1ccccc1)[SiH2]O[SiH2]O[SiH3]. The first kappa shape index (κ1) is 15.6. The minimum Gasteiger partial charge on any atom is -0.549 e. The molecule has 0 heterocycles. The Kier molecular flexibility index (Phi) is 6.82. The molecule has 0 saturated heterocycles. The van der Waals surface area contributed by atoms with Gasteiger partial charge in [0.2, 0.25) is 18.1 Å². The van der Waals surface area contributed by atoms with E-state index in [1.807, 2.05) is 18.2 Å². The van der Waals surface area contributed by atoms with Crippen LogP contribution in [0.3, 0.4) is 0 Å². The number of rotatable bonds is 7. The van der Waals surface area contributed by atoms with Crippen molar-refractivity contribution < 1.29 is 12.7 Å². The van der Waals surface area contributed by atoms with Crippen molar-refractivity contribution in [3.63, 3.8) is 0 Å². The fraction of sp³-hybridized carbons (Fsp3) is 0.273. The van der Waals surface area contributed by atoms with Crippen molar-refractivity contribution in [2.24, 2.45) is 0 Å². The first-order chi connectivity index (χ1) is 8.51. The molecule has 100 valence electrons. The van der Waals surface area contributed by atoms with Crippen molar-refractivity contribution in [1.29, 1.82) is 0 Å². The highest BCUT2D eigenvalue weighted by Gasteiger charge is 2.18. The highest BCUT2D eigenvalue weighted by Crippen LogP contribution is 2.13. The van der Waals surface area contributed by atoms with Crippen molar-refractivity contribution in [3.8, 4) is 0 Å². The van der Waals surface area contributed by atoms with E-state index >= 15 is 0 Å². The normalized spacial score (nSPS) is 14.1. The van der Waals surface area contributed by atoms with E-state index in [0.717, 1.165) is 15.9 Å². The standard InChI is InChI=1S/C11H22O3Si4/c1-18(2,3)12-11(16-14-17-13-15)9-10-7-5-4-6-8-10/h4-9H,16-17H2,1-3,15H3. The van der Waals surface area contributed by atoms with E-state index in [9.17, 15) is 0 Å². The van der Waals surface area contributed by atoms with Crippen LogP contribution in [0, 0.1) is 0 Å². The lowest BCUT2D eigenvalue weighted by Gasteiger charge is -2.22. The molecular weight excluding hydrogens is 292 g/mol. The summed E-state index contributed by atoms with van der Waals surface area (Å²) in [5.41, 5.74) is 1.18. The van der Waals surface area contributed by atoms with E-state index in [-0.39, 0.29) is 0 Å². The third kappa shape index (κ3) is 7.09. The lowest BCUT2D eigenvalue weighted by Crippen LogP contribution is -2.27. The number of hydrogen-bond acceptors (Lipinski definition) is 3. The van der Waals surface area contributed by atoms with Crippen molar-refractivity contribution in [2.45, 2.75) is 19.6 Å².